The highest BCUT2D eigenvalue weighted by Crippen LogP contribution is 2.42. The number of anilines is 3. The minimum Gasteiger partial charge on any atom is -0.311 e. The topological polar surface area (TPSA) is 3.24 Å². The van der Waals surface area contributed by atoms with Crippen molar-refractivity contribution in [2.75, 3.05) is 4.90 Å². The zero-order chi connectivity index (χ0) is 41.5. The van der Waals surface area contributed by atoms with E-state index < -0.39 is 0 Å². The highest BCUT2D eigenvalue weighted by atomic mass is 15.1. The fraction of sp³-hybridized carbons (Fsp3) is 0. The summed E-state index contributed by atoms with van der Waals surface area (Å²) in [5.41, 5.74) is 11.1. The third kappa shape index (κ3) is 6.66. The molecule has 0 atom stereocenters. The van der Waals surface area contributed by atoms with E-state index in [-0.39, 0.29) is 35.4 Å². The third-order valence-corrected chi connectivity index (χ3v) is 10.8. The molecule has 10 rings (SSSR count). The summed E-state index contributed by atoms with van der Waals surface area (Å²) in [6.07, 6.45) is 0. The summed E-state index contributed by atoms with van der Waals surface area (Å²) < 4.78 is 37.9. The van der Waals surface area contributed by atoms with E-state index in [4.69, 9.17) is 0 Å². The van der Waals surface area contributed by atoms with Gasteiger partial charge >= 0.3 is 0 Å². The normalized spacial score (nSPS) is 12.1. The molecule has 0 spiro atoms. The molecule has 10 aromatic rings. The summed E-state index contributed by atoms with van der Waals surface area (Å²) in [6, 6.07) is 71.5. The highest BCUT2D eigenvalue weighted by Gasteiger charge is 2.16. The van der Waals surface area contributed by atoms with Crippen molar-refractivity contribution in [3.8, 4) is 55.6 Å². The van der Waals surface area contributed by atoms with Crippen LogP contribution in [0.3, 0.4) is 0 Å². The lowest BCUT2D eigenvalue weighted by Gasteiger charge is -2.26. The van der Waals surface area contributed by atoms with Crippen LogP contribution >= 0.6 is 0 Å². The predicted molar refractivity (Wildman–Crippen MR) is 243 cm³/mol. The van der Waals surface area contributed by atoms with Gasteiger partial charge in [0.2, 0.25) is 0 Å². The number of hydrogen-bond donors (Lipinski definition) is 0. The summed E-state index contributed by atoms with van der Waals surface area (Å²) in [6.45, 7) is 0. The molecule has 268 valence electrons. The van der Waals surface area contributed by atoms with Gasteiger partial charge in [0.05, 0.1) is 5.48 Å². The van der Waals surface area contributed by atoms with Gasteiger partial charge in [-0.3, -0.25) is 0 Å². The maximum atomic E-state index is 9.55. The molecule has 1 heteroatoms. The lowest BCUT2D eigenvalue weighted by molar-refractivity contribution is 1.28. The number of nitrogens with zero attached hydrogens (tertiary/aromatic N) is 1. The Morgan fingerprint density at radius 1 is 0.263 bits per heavy atom. The van der Waals surface area contributed by atoms with Crippen molar-refractivity contribution < 1.29 is 5.48 Å². The summed E-state index contributed by atoms with van der Waals surface area (Å²) in [4.78, 5) is 1.86. The first-order valence-electron chi connectivity index (χ1n) is 21.3. The molecule has 0 N–H and O–H groups in total. The predicted octanol–water partition coefficient (Wildman–Crippen LogP) is 15.8. The monoisotopic (exact) mass is 729 g/mol. The second-order valence-corrected chi connectivity index (χ2v) is 14.2. The molecule has 0 amide bonds. The standard InChI is InChI=1S/C56H39N/c1-3-12-40(13-4-1)42-26-33-49(34-27-42)57(50-35-28-43(29-36-50)41-22-24-47(25-23-41)53-21-11-18-44-16-7-9-19-52(44)53)51-37-30-48(31-38-51)56-54-20-10-8-17-46(54)32-39-55(56)45-14-5-2-6-15-45/h1-39H/i28D,29D,35D,36D. The molecule has 0 unspecified atom stereocenters. The second kappa shape index (κ2) is 15.0. The van der Waals surface area contributed by atoms with Crippen LogP contribution in [0.15, 0.2) is 236 Å². The zero-order valence-corrected chi connectivity index (χ0v) is 31.2. The third-order valence-electron chi connectivity index (χ3n) is 10.8. The van der Waals surface area contributed by atoms with Crippen molar-refractivity contribution in [3.63, 3.8) is 0 Å². The van der Waals surface area contributed by atoms with Crippen molar-refractivity contribution in [2.45, 2.75) is 0 Å². The first-order valence-corrected chi connectivity index (χ1v) is 19.3. The van der Waals surface area contributed by atoms with Gasteiger partial charge in [0.1, 0.15) is 0 Å². The quantitative estimate of drug-likeness (QED) is 0.151. The first-order chi connectivity index (χ1) is 29.9. The molecule has 0 fully saturated rings. The van der Waals surface area contributed by atoms with Gasteiger partial charge in [-0.15, -0.1) is 0 Å². The fourth-order valence-corrected chi connectivity index (χ4v) is 7.91. The van der Waals surface area contributed by atoms with Crippen molar-refractivity contribution in [3.05, 3.63) is 236 Å². The van der Waals surface area contributed by atoms with Crippen molar-refractivity contribution in [2.24, 2.45) is 0 Å². The van der Waals surface area contributed by atoms with Gasteiger partial charge in [0.25, 0.3) is 0 Å². The molecular formula is C56H39N. The molecule has 0 bridgehead atoms. The molecule has 0 heterocycles. The lowest BCUT2D eigenvalue weighted by Crippen LogP contribution is -2.09. The van der Waals surface area contributed by atoms with Crippen LogP contribution in [0.2, 0.25) is 0 Å². The molecule has 0 aliphatic rings. The van der Waals surface area contributed by atoms with Gasteiger partial charge in [0, 0.05) is 17.1 Å². The van der Waals surface area contributed by atoms with Crippen LogP contribution in [0.5, 0.6) is 0 Å². The molecule has 1 nitrogen and oxygen atoms in total. The number of rotatable bonds is 8. The van der Waals surface area contributed by atoms with Crippen molar-refractivity contribution in [1.82, 2.24) is 0 Å². The number of hydrogen-bond acceptors (Lipinski definition) is 1. The lowest BCUT2D eigenvalue weighted by atomic mass is 9.89. The molecule has 57 heavy (non-hydrogen) atoms. The number of benzene rings is 10. The SMILES string of the molecule is [2H]c1c([2H])c(N(c2ccc(-c3ccccc3)cc2)c2ccc(-c3c(-c4ccccc4)ccc4ccccc34)cc2)c([2H])c([2H])c1-c1ccc(-c2cccc3ccccc23)cc1. The van der Waals surface area contributed by atoms with Gasteiger partial charge in [-0.2, -0.15) is 0 Å². The van der Waals surface area contributed by atoms with Crippen molar-refractivity contribution in [1.29, 1.82) is 0 Å². The minimum atomic E-state index is -0.120. The summed E-state index contributed by atoms with van der Waals surface area (Å²) in [5.74, 6) is 0. The fourth-order valence-electron chi connectivity index (χ4n) is 7.91. The molecular weight excluding hydrogens is 687 g/mol. The summed E-state index contributed by atoms with van der Waals surface area (Å²) in [7, 11) is 0. The van der Waals surface area contributed by atoms with Crippen LogP contribution in [0.4, 0.5) is 17.1 Å². The summed E-state index contributed by atoms with van der Waals surface area (Å²) >= 11 is 0. The molecule has 0 aliphatic carbocycles. The van der Waals surface area contributed by atoms with Crippen molar-refractivity contribution >= 4 is 38.6 Å². The van der Waals surface area contributed by atoms with Gasteiger partial charge < -0.3 is 4.90 Å². The first kappa shape index (κ1) is 29.8. The highest BCUT2D eigenvalue weighted by molar-refractivity contribution is 6.04. The molecule has 0 saturated heterocycles. The van der Waals surface area contributed by atoms with Crippen LogP contribution in [0.25, 0.3) is 77.2 Å². The van der Waals surface area contributed by atoms with E-state index in [9.17, 15) is 5.48 Å². The minimum absolute atomic E-state index is 0.0975. The molecule has 0 aromatic heterocycles. The Hall–Kier alpha value is -7.48. The summed E-state index contributed by atoms with van der Waals surface area (Å²) in [5, 5.41) is 4.59. The van der Waals surface area contributed by atoms with Gasteiger partial charge in [-0.25, -0.2) is 0 Å². The van der Waals surface area contributed by atoms with Crippen LogP contribution in [0.1, 0.15) is 5.48 Å². The Kier molecular flexibility index (Phi) is 7.84. The Labute approximate surface area is 340 Å². The van der Waals surface area contributed by atoms with Crippen LogP contribution in [0, 0.1) is 0 Å². The van der Waals surface area contributed by atoms with Gasteiger partial charge in [-0.1, -0.05) is 200 Å². The van der Waals surface area contributed by atoms with E-state index in [0.717, 1.165) is 71.7 Å². The Bertz CT molecular complexity index is 3170. The average molecular weight is 730 g/mol. The Morgan fingerprint density at radius 2 is 0.719 bits per heavy atom. The largest absolute Gasteiger partial charge is 0.311 e. The smallest absolute Gasteiger partial charge is 0.0645 e. The Morgan fingerprint density at radius 3 is 1.39 bits per heavy atom. The second-order valence-electron chi connectivity index (χ2n) is 14.2. The van der Waals surface area contributed by atoms with Crippen LogP contribution in [-0.4, -0.2) is 0 Å². The van der Waals surface area contributed by atoms with Gasteiger partial charge in [0.15, 0.2) is 0 Å². The van der Waals surface area contributed by atoms with Crippen LogP contribution in [-0.2, 0) is 0 Å². The maximum Gasteiger partial charge on any atom is 0.0645 e. The zero-order valence-electron chi connectivity index (χ0n) is 35.2. The maximum absolute atomic E-state index is 9.55. The van der Waals surface area contributed by atoms with E-state index >= 15 is 0 Å². The Balaban J connectivity index is 1.10. The molecule has 0 saturated carbocycles. The van der Waals surface area contributed by atoms with E-state index in [2.05, 4.69) is 109 Å². The number of fused-ring (bicyclic) bond motifs is 2. The molecule has 0 radical (unpaired) electrons. The molecule has 10 aromatic carbocycles. The average Bonchev–Trinajstić information content (AvgIpc) is 3.33. The van der Waals surface area contributed by atoms with E-state index in [1.807, 2.05) is 108 Å². The molecule has 0 aliphatic heterocycles. The van der Waals surface area contributed by atoms with E-state index in [1.54, 1.807) is 0 Å². The van der Waals surface area contributed by atoms with E-state index in [0.29, 0.717) is 11.3 Å². The van der Waals surface area contributed by atoms with Crippen LogP contribution < -0.4 is 4.90 Å². The van der Waals surface area contributed by atoms with Gasteiger partial charge in [-0.05, 0) is 114 Å². The van der Waals surface area contributed by atoms with E-state index in [1.165, 1.54) is 0 Å².